The Kier molecular flexibility index (Phi) is 7.56. The molecule has 6 nitrogen and oxygen atoms in total. The van der Waals surface area contributed by atoms with Crippen LogP contribution in [0.15, 0.2) is 115 Å². The van der Waals surface area contributed by atoms with Gasteiger partial charge in [-0.1, -0.05) is 73.3 Å². The molecule has 0 saturated carbocycles. The SMILES string of the molecule is C=CC(=O)Nc1ccc(C2CCN(Cc3ccc(-c4nc5cc[nH]c(=O)c5cc4-c4ccccc4)cc3)CC2)cc1. The van der Waals surface area contributed by atoms with Crippen molar-refractivity contribution in [3.63, 3.8) is 0 Å². The second-order valence-electron chi connectivity index (χ2n) is 10.6. The number of carbonyl (C=O) groups is 1. The zero-order valence-corrected chi connectivity index (χ0v) is 22.8. The number of aromatic nitrogens is 2. The maximum atomic E-state index is 12.5. The number of aromatic amines is 1. The van der Waals surface area contributed by atoms with Gasteiger partial charge in [0.25, 0.3) is 5.56 Å². The average molecular weight is 541 g/mol. The van der Waals surface area contributed by atoms with Gasteiger partial charge in [-0.3, -0.25) is 14.5 Å². The van der Waals surface area contributed by atoms with Crippen LogP contribution in [-0.4, -0.2) is 33.9 Å². The molecule has 5 aromatic rings. The van der Waals surface area contributed by atoms with Crippen molar-refractivity contribution < 1.29 is 4.79 Å². The quantitative estimate of drug-likeness (QED) is 0.224. The van der Waals surface area contributed by atoms with Crippen LogP contribution in [0.3, 0.4) is 0 Å². The molecule has 0 bridgehead atoms. The van der Waals surface area contributed by atoms with Crippen LogP contribution in [-0.2, 0) is 11.3 Å². The molecule has 0 aliphatic carbocycles. The second-order valence-corrected chi connectivity index (χ2v) is 10.6. The first kappa shape index (κ1) is 26.4. The van der Waals surface area contributed by atoms with Gasteiger partial charge in [-0.25, -0.2) is 4.98 Å². The van der Waals surface area contributed by atoms with E-state index >= 15 is 0 Å². The number of nitrogens with zero attached hydrogens (tertiary/aromatic N) is 2. The summed E-state index contributed by atoms with van der Waals surface area (Å²) in [6.07, 6.45) is 5.14. The Morgan fingerprint density at radius 1 is 0.951 bits per heavy atom. The number of hydrogen-bond acceptors (Lipinski definition) is 4. The largest absolute Gasteiger partial charge is 0.328 e. The fourth-order valence-corrected chi connectivity index (χ4v) is 5.65. The Hall–Kier alpha value is -4.81. The summed E-state index contributed by atoms with van der Waals surface area (Å²) in [6, 6.07) is 30.8. The van der Waals surface area contributed by atoms with E-state index in [2.05, 4.69) is 70.3 Å². The van der Waals surface area contributed by atoms with Crippen LogP contribution in [0.1, 0.15) is 29.9 Å². The number of pyridine rings is 2. The van der Waals surface area contributed by atoms with Crippen molar-refractivity contribution in [1.82, 2.24) is 14.9 Å². The number of fused-ring (bicyclic) bond motifs is 1. The van der Waals surface area contributed by atoms with Crippen molar-refractivity contribution in [2.45, 2.75) is 25.3 Å². The number of anilines is 1. The molecular formula is C35H32N4O2. The van der Waals surface area contributed by atoms with E-state index in [0.717, 1.165) is 60.5 Å². The molecule has 1 saturated heterocycles. The van der Waals surface area contributed by atoms with E-state index in [0.29, 0.717) is 16.8 Å². The van der Waals surface area contributed by atoms with Crippen LogP contribution in [0.2, 0.25) is 0 Å². The number of hydrogen-bond donors (Lipinski definition) is 2. The lowest BCUT2D eigenvalue weighted by atomic mass is 9.89. The summed E-state index contributed by atoms with van der Waals surface area (Å²) in [5, 5.41) is 3.40. The van der Waals surface area contributed by atoms with E-state index in [4.69, 9.17) is 4.98 Å². The van der Waals surface area contributed by atoms with Gasteiger partial charge < -0.3 is 10.3 Å². The molecule has 1 fully saturated rings. The van der Waals surface area contributed by atoms with E-state index in [9.17, 15) is 9.59 Å². The zero-order valence-electron chi connectivity index (χ0n) is 22.8. The maximum Gasteiger partial charge on any atom is 0.257 e. The van der Waals surface area contributed by atoms with Gasteiger partial charge in [-0.2, -0.15) is 0 Å². The summed E-state index contributed by atoms with van der Waals surface area (Å²) in [6.45, 7) is 6.49. The molecule has 2 aromatic heterocycles. The lowest BCUT2D eigenvalue weighted by Gasteiger charge is -2.32. The van der Waals surface area contributed by atoms with Crippen molar-refractivity contribution in [2.75, 3.05) is 18.4 Å². The van der Waals surface area contributed by atoms with Crippen LogP contribution in [0.4, 0.5) is 5.69 Å². The highest BCUT2D eigenvalue weighted by Crippen LogP contribution is 2.33. The van der Waals surface area contributed by atoms with E-state index in [-0.39, 0.29) is 11.5 Å². The van der Waals surface area contributed by atoms with E-state index in [1.54, 1.807) is 6.20 Å². The summed E-state index contributed by atoms with van der Waals surface area (Å²) in [5.74, 6) is 0.335. The Morgan fingerprint density at radius 3 is 2.39 bits per heavy atom. The Bertz CT molecular complexity index is 1730. The number of likely N-dealkylation sites (tertiary alicyclic amines) is 1. The molecular weight excluding hydrogens is 508 g/mol. The minimum Gasteiger partial charge on any atom is -0.328 e. The molecule has 0 atom stereocenters. The molecule has 0 unspecified atom stereocenters. The lowest BCUT2D eigenvalue weighted by Crippen LogP contribution is -2.32. The number of amides is 1. The monoisotopic (exact) mass is 540 g/mol. The molecule has 6 rings (SSSR count). The first-order valence-corrected chi connectivity index (χ1v) is 14.0. The predicted molar refractivity (Wildman–Crippen MR) is 166 cm³/mol. The second kappa shape index (κ2) is 11.7. The van der Waals surface area contributed by atoms with Gasteiger partial charge >= 0.3 is 0 Å². The van der Waals surface area contributed by atoms with Gasteiger partial charge in [0, 0.05) is 29.6 Å². The number of rotatable bonds is 7. The number of benzene rings is 3. The molecule has 0 radical (unpaired) electrons. The fourth-order valence-electron chi connectivity index (χ4n) is 5.65. The number of piperidine rings is 1. The van der Waals surface area contributed by atoms with Crippen molar-refractivity contribution in [1.29, 1.82) is 0 Å². The first-order valence-electron chi connectivity index (χ1n) is 14.0. The van der Waals surface area contributed by atoms with Crippen molar-refractivity contribution >= 4 is 22.5 Å². The molecule has 3 aromatic carbocycles. The summed E-state index contributed by atoms with van der Waals surface area (Å²) in [7, 11) is 0. The van der Waals surface area contributed by atoms with Gasteiger partial charge in [0.05, 0.1) is 16.6 Å². The first-order chi connectivity index (χ1) is 20.1. The number of nitrogens with one attached hydrogen (secondary N) is 2. The van der Waals surface area contributed by atoms with E-state index in [1.165, 1.54) is 17.2 Å². The van der Waals surface area contributed by atoms with Gasteiger partial charge in [0.2, 0.25) is 5.91 Å². The average Bonchev–Trinajstić information content (AvgIpc) is 3.02. The molecule has 0 spiro atoms. The summed E-state index contributed by atoms with van der Waals surface area (Å²) < 4.78 is 0. The Balaban J connectivity index is 1.15. The molecule has 204 valence electrons. The molecule has 1 amide bonds. The number of carbonyl (C=O) groups excluding carboxylic acids is 1. The van der Waals surface area contributed by atoms with Gasteiger partial charge in [-0.15, -0.1) is 0 Å². The highest BCUT2D eigenvalue weighted by Gasteiger charge is 2.21. The Labute approximate surface area is 239 Å². The summed E-state index contributed by atoms with van der Waals surface area (Å²) in [4.78, 5) is 34.2. The normalized spacial score (nSPS) is 14.1. The minimum absolute atomic E-state index is 0.133. The summed E-state index contributed by atoms with van der Waals surface area (Å²) >= 11 is 0. The lowest BCUT2D eigenvalue weighted by molar-refractivity contribution is -0.111. The van der Waals surface area contributed by atoms with Crippen molar-refractivity contribution in [2.24, 2.45) is 0 Å². The molecule has 1 aliphatic heterocycles. The van der Waals surface area contributed by atoms with E-state index < -0.39 is 0 Å². The van der Waals surface area contributed by atoms with Crippen molar-refractivity contribution in [3.8, 4) is 22.4 Å². The predicted octanol–water partition coefficient (Wildman–Crippen LogP) is 6.76. The van der Waals surface area contributed by atoms with Gasteiger partial charge in [-0.05, 0) is 78.9 Å². The smallest absolute Gasteiger partial charge is 0.257 e. The van der Waals surface area contributed by atoms with Crippen LogP contribution < -0.4 is 10.9 Å². The standard InChI is InChI=1S/C35H32N4O2/c1-2-33(40)37-29-14-12-25(13-15-29)26-17-20-39(21-18-26)23-24-8-10-28(11-9-24)34-30(27-6-4-3-5-7-27)22-31-32(38-34)16-19-36-35(31)41/h2-16,19,22,26H,1,17-18,20-21,23H2,(H,36,41)(H,37,40). The minimum atomic E-state index is -0.194. The van der Waals surface area contributed by atoms with Gasteiger partial charge in [0.1, 0.15) is 0 Å². The highest BCUT2D eigenvalue weighted by molar-refractivity contribution is 5.98. The third-order valence-electron chi connectivity index (χ3n) is 7.89. The third kappa shape index (κ3) is 5.88. The topological polar surface area (TPSA) is 78.1 Å². The van der Waals surface area contributed by atoms with Crippen LogP contribution in [0.25, 0.3) is 33.3 Å². The Morgan fingerprint density at radius 2 is 1.68 bits per heavy atom. The maximum absolute atomic E-state index is 12.5. The van der Waals surface area contributed by atoms with Crippen molar-refractivity contribution in [3.05, 3.63) is 131 Å². The van der Waals surface area contributed by atoms with Crippen LogP contribution in [0, 0.1) is 0 Å². The number of H-pyrrole nitrogens is 1. The highest BCUT2D eigenvalue weighted by atomic mass is 16.1. The van der Waals surface area contributed by atoms with Crippen LogP contribution in [0.5, 0.6) is 0 Å². The third-order valence-corrected chi connectivity index (χ3v) is 7.89. The zero-order chi connectivity index (χ0) is 28.2. The van der Waals surface area contributed by atoms with E-state index in [1.807, 2.05) is 42.5 Å². The molecule has 3 heterocycles. The molecule has 1 aliphatic rings. The fraction of sp³-hybridized carbons (Fsp3) is 0.171. The van der Waals surface area contributed by atoms with Gasteiger partial charge in [0.15, 0.2) is 0 Å². The molecule has 41 heavy (non-hydrogen) atoms. The van der Waals surface area contributed by atoms with Crippen LogP contribution >= 0.6 is 0 Å². The molecule has 6 heteroatoms. The summed E-state index contributed by atoms with van der Waals surface area (Å²) in [5.41, 5.74) is 7.82. The molecule has 2 N–H and O–H groups in total.